The third-order valence-electron chi connectivity index (χ3n) is 1.16. The van der Waals surface area contributed by atoms with Gasteiger partial charge in [-0.2, -0.15) is 13.2 Å². The van der Waals surface area contributed by atoms with Crippen LogP contribution in [0.15, 0.2) is 12.7 Å². The predicted molar refractivity (Wildman–Crippen MR) is 36.8 cm³/mol. The molecular formula is C7H7F5O2. The molecule has 0 rings (SSSR count). The van der Waals surface area contributed by atoms with Gasteiger partial charge in [0.15, 0.2) is 0 Å². The molecule has 2 nitrogen and oxygen atoms in total. The lowest BCUT2D eigenvalue weighted by Crippen LogP contribution is -2.46. The minimum absolute atomic E-state index is 0.0154. The summed E-state index contributed by atoms with van der Waals surface area (Å²) in [4.78, 5) is 10.3. The van der Waals surface area contributed by atoms with E-state index in [-0.39, 0.29) is 6.92 Å². The Hall–Kier alpha value is -1.14. The van der Waals surface area contributed by atoms with E-state index in [1.807, 2.05) is 0 Å². The number of carbonyl (C=O) groups is 1. The van der Waals surface area contributed by atoms with Crippen LogP contribution in [0, 0.1) is 0 Å². The molecule has 0 heterocycles. The van der Waals surface area contributed by atoms with E-state index in [0.29, 0.717) is 6.08 Å². The topological polar surface area (TPSA) is 26.3 Å². The summed E-state index contributed by atoms with van der Waals surface area (Å²) in [5.41, 5.74) is 0. The fourth-order valence-corrected chi connectivity index (χ4v) is 0.622. The number of carbonyl (C=O) groups excluding carboxylic acids is 1. The Morgan fingerprint density at radius 3 is 2.00 bits per heavy atom. The first-order valence-corrected chi connectivity index (χ1v) is 3.36. The van der Waals surface area contributed by atoms with Crippen molar-refractivity contribution in [1.82, 2.24) is 0 Å². The molecule has 7 heteroatoms. The Bertz CT molecular complexity index is 213. The third kappa shape index (κ3) is 3.71. The Labute approximate surface area is 76.3 Å². The first-order chi connectivity index (χ1) is 6.09. The fraction of sp³-hybridized carbons (Fsp3) is 0.571. The molecular weight excluding hydrogens is 211 g/mol. The highest BCUT2D eigenvalue weighted by Crippen LogP contribution is 2.34. The van der Waals surface area contributed by atoms with E-state index in [0.717, 1.165) is 0 Å². The molecule has 1 atom stereocenters. The van der Waals surface area contributed by atoms with Crippen LogP contribution in [0.1, 0.15) is 6.92 Å². The van der Waals surface area contributed by atoms with Crippen LogP contribution in [0.5, 0.6) is 0 Å². The minimum Gasteiger partial charge on any atom is -0.443 e. The van der Waals surface area contributed by atoms with E-state index < -0.39 is 24.2 Å². The van der Waals surface area contributed by atoms with Gasteiger partial charge in [0.25, 0.3) is 12.0 Å². The molecule has 0 aromatic heterocycles. The number of hydrogen-bond acceptors (Lipinski definition) is 2. The van der Waals surface area contributed by atoms with Gasteiger partial charge in [0.1, 0.15) is 0 Å². The zero-order chi connectivity index (χ0) is 11.6. The number of esters is 1. The van der Waals surface area contributed by atoms with E-state index in [9.17, 15) is 26.7 Å². The van der Waals surface area contributed by atoms with Crippen molar-refractivity contribution in [3.63, 3.8) is 0 Å². The second kappa shape index (κ2) is 3.93. The summed E-state index contributed by atoms with van der Waals surface area (Å²) >= 11 is 0. The van der Waals surface area contributed by atoms with Gasteiger partial charge in [-0.15, -0.1) is 0 Å². The van der Waals surface area contributed by atoms with Crippen LogP contribution >= 0.6 is 0 Å². The molecule has 0 aromatic carbocycles. The Morgan fingerprint density at radius 2 is 1.79 bits per heavy atom. The van der Waals surface area contributed by atoms with Crippen LogP contribution in [-0.2, 0) is 9.53 Å². The molecule has 0 aliphatic rings. The molecule has 0 aromatic rings. The highest BCUT2D eigenvalue weighted by atomic mass is 19.4. The van der Waals surface area contributed by atoms with Crippen LogP contribution in [0.25, 0.3) is 0 Å². The predicted octanol–water partition coefficient (Wildman–Crippen LogP) is 2.30. The molecule has 0 spiro atoms. The molecule has 0 saturated heterocycles. The molecule has 0 saturated carbocycles. The van der Waals surface area contributed by atoms with Crippen molar-refractivity contribution < 1.29 is 31.5 Å². The smallest absolute Gasteiger partial charge is 0.431 e. The number of hydrogen-bond donors (Lipinski definition) is 0. The molecule has 0 aliphatic heterocycles. The van der Waals surface area contributed by atoms with E-state index in [1.165, 1.54) is 0 Å². The summed E-state index contributed by atoms with van der Waals surface area (Å²) in [7, 11) is 0. The summed E-state index contributed by atoms with van der Waals surface area (Å²) in [6, 6.07) is 0. The molecule has 0 bridgehead atoms. The van der Waals surface area contributed by atoms with Crippen LogP contribution in [0.3, 0.4) is 0 Å². The molecule has 0 fully saturated rings. The maximum atomic E-state index is 12.3. The van der Waals surface area contributed by atoms with Crippen molar-refractivity contribution in [1.29, 1.82) is 0 Å². The molecule has 14 heavy (non-hydrogen) atoms. The maximum Gasteiger partial charge on any atom is 0.431 e. The fourth-order valence-electron chi connectivity index (χ4n) is 0.622. The van der Waals surface area contributed by atoms with E-state index in [4.69, 9.17) is 0 Å². The van der Waals surface area contributed by atoms with Gasteiger partial charge >= 0.3 is 12.1 Å². The number of alkyl halides is 5. The summed E-state index contributed by atoms with van der Waals surface area (Å²) in [6.07, 6.45) is -8.37. The van der Waals surface area contributed by atoms with Gasteiger partial charge in [-0.25, -0.2) is 13.6 Å². The summed E-state index contributed by atoms with van der Waals surface area (Å²) in [5.74, 6) is -5.73. The lowest BCUT2D eigenvalue weighted by molar-refractivity contribution is -0.271. The molecule has 0 radical (unpaired) electrons. The number of rotatable bonds is 3. The summed E-state index contributed by atoms with van der Waals surface area (Å²) in [5, 5.41) is 0. The average molecular weight is 218 g/mol. The van der Waals surface area contributed by atoms with E-state index in [1.54, 1.807) is 0 Å². The van der Waals surface area contributed by atoms with Crippen LogP contribution in [0.2, 0.25) is 0 Å². The van der Waals surface area contributed by atoms with Gasteiger partial charge in [-0.3, -0.25) is 0 Å². The minimum atomic E-state index is -5.31. The number of ether oxygens (including phenoxy) is 1. The third-order valence-corrected chi connectivity index (χ3v) is 1.16. The zero-order valence-electron chi connectivity index (χ0n) is 7.07. The Balaban J connectivity index is 4.76. The van der Waals surface area contributed by atoms with Gasteiger partial charge in [0.2, 0.25) is 0 Å². The van der Waals surface area contributed by atoms with Gasteiger partial charge in [0.05, 0.1) is 0 Å². The normalized spacial score (nSPS) is 14.7. The van der Waals surface area contributed by atoms with Crippen molar-refractivity contribution in [2.75, 3.05) is 0 Å². The van der Waals surface area contributed by atoms with Gasteiger partial charge < -0.3 is 4.74 Å². The molecule has 82 valence electrons. The van der Waals surface area contributed by atoms with Gasteiger partial charge in [-0.1, -0.05) is 6.58 Å². The van der Waals surface area contributed by atoms with Gasteiger partial charge in [-0.05, 0) is 0 Å². The van der Waals surface area contributed by atoms with Crippen molar-refractivity contribution in [2.45, 2.75) is 25.1 Å². The standard InChI is InChI=1S/C7H7F5O2/c1-3-4(13)14-5(6(2,8)9)7(10,11)12/h3,5H,1H2,2H3. The first kappa shape index (κ1) is 12.9. The second-order valence-electron chi connectivity index (χ2n) is 2.52. The number of halogens is 5. The molecule has 0 amide bonds. The van der Waals surface area contributed by atoms with E-state index in [2.05, 4.69) is 11.3 Å². The van der Waals surface area contributed by atoms with Crippen LogP contribution < -0.4 is 0 Å². The lowest BCUT2D eigenvalue weighted by Gasteiger charge is -2.24. The monoisotopic (exact) mass is 218 g/mol. The zero-order valence-corrected chi connectivity index (χ0v) is 7.07. The molecule has 0 aliphatic carbocycles. The van der Waals surface area contributed by atoms with Crippen molar-refractivity contribution >= 4 is 5.97 Å². The molecule has 0 N–H and O–H groups in total. The Kier molecular flexibility index (Phi) is 3.61. The van der Waals surface area contributed by atoms with Gasteiger partial charge in [0, 0.05) is 13.0 Å². The quantitative estimate of drug-likeness (QED) is 0.412. The second-order valence-corrected chi connectivity index (χ2v) is 2.52. The van der Waals surface area contributed by atoms with Crippen molar-refractivity contribution in [3.8, 4) is 0 Å². The molecule has 1 unspecified atom stereocenters. The SMILES string of the molecule is C=CC(=O)OC(C(C)(F)F)C(F)(F)F. The Morgan fingerprint density at radius 1 is 1.36 bits per heavy atom. The maximum absolute atomic E-state index is 12.3. The summed E-state index contributed by atoms with van der Waals surface area (Å²) < 4.78 is 64.0. The first-order valence-electron chi connectivity index (χ1n) is 3.36. The van der Waals surface area contributed by atoms with Crippen molar-refractivity contribution in [2.24, 2.45) is 0 Å². The van der Waals surface area contributed by atoms with Crippen molar-refractivity contribution in [3.05, 3.63) is 12.7 Å². The van der Waals surface area contributed by atoms with Crippen LogP contribution in [-0.4, -0.2) is 24.2 Å². The summed E-state index contributed by atoms with van der Waals surface area (Å²) in [6.45, 7) is 2.81. The average Bonchev–Trinajstić information content (AvgIpc) is 1.95. The van der Waals surface area contributed by atoms with Crippen LogP contribution in [0.4, 0.5) is 22.0 Å². The lowest BCUT2D eigenvalue weighted by atomic mass is 10.2. The van der Waals surface area contributed by atoms with E-state index >= 15 is 0 Å². The highest BCUT2D eigenvalue weighted by molar-refractivity contribution is 5.81. The largest absolute Gasteiger partial charge is 0.443 e. The highest BCUT2D eigenvalue weighted by Gasteiger charge is 2.55.